The molecule has 0 aliphatic rings. The van der Waals surface area contributed by atoms with Crippen LogP contribution in [0.5, 0.6) is 0 Å². The molecular weight excluding hydrogens is 182 g/mol. The van der Waals surface area contributed by atoms with E-state index in [4.69, 9.17) is 10.8 Å². The minimum atomic E-state index is -1.02. The van der Waals surface area contributed by atoms with Gasteiger partial charge in [0.2, 0.25) is 0 Å². The molecule has 0 radical (unpaired) electrons. The number of carboxylic acid groups (broad SMARTS) is 1. The molecule has 0 aliphatic carbocycles. The number of aromatic nitrogens is 1. The molecule has 14 heavy (non-hydrogen) atoms. The molecule has 0 spiro atoms. The molecule has 0 aliphatic heterocycles. The molecule has 5 heteroatoms. The number of rotatable bonds is 4. The van der Waals surface area contributed by atoms with E-state index < -0.39 is 5.97 Å². The summed E-state index contributed by atoms with van der Waals surface area (Å²) in [6, 6.07) is 1.40. The molecule has 1 aromatic heterocycles. The zero-order chi connectivity index (χ0) is 10.6. The number of pyridine rings is 1. The van der Waals surface area contributed by atoms with E-state index in [9.17, 15) is 4.79 Å². The Morgan fingerprint density at radius 3 is 2.93 bits per heavy atom. The Balaban J connectivity index is 2.84. The predicted octanol–water partition coefficient (Wildman–Crippen LogP) is 1.18. The molecular formula is C9H13N3O2. The number of nitrogens with two attached hydrogens (primary N) is 1. The van der Waals surface area contributed by atoms with Crippen molar-refractivity contribution in [2.24, 2.45) is 0 Å². The maximum Gasteiger partial charge on any atom is 0.337 e. The lowest BCUT2D eigenvalue weighted by Crippen LogP contribution is -2.07. The Labute approximate surface area is 82.0 Å². The van der Waals surface area contributed by atoms with Crippen molar-refractivity contribution in [3.8, 4) is 0 Å². The third-order valence-corrected chi connectivity index (χ3v) is 1.71. The second-order valence-corrected chi connectivity index (χ2v) is 2.89. The summed E-state index contributed by atoms with van der Waals surface area (Å²) < 4.78 is 0. The van der Waals surface area contributed by atoms with Crippen molar-refractivity contribution >= 4 is 17.5 Å². The quantitative estimate of drug-likeness (QED) is 0.671. The molecule has 1 rings (SSSR count). The number of carbonyl (C=O) groups is 1. The zero-order valence-electron chi connectivity index (χ0n) is 7.95. The largest absolute Gasteiger partial charge is 0.478 e. The van der Waals surface area contributed by atoms with Crippen LogP contribution in [0.1, 0.15) is 23.7 Å². The predicted molar refractivity (Wildman–Crippen MR) is 54.4 cm³/mol. The summed E-state index contributed by atoms with van der Waals surface area (Å²) in [6.07, 6.45) is 2.25. The lowest BCUT2D eigenvalue weighted by molar-refractivity contribution is 0.0696. The van der Waals surface area contributed by atoms with Crippen LogP contribution < -0.4 is 11.1 Å². The van der Waals surface area contributed by atoms with Gasteiger partial charge in [0.15, 0.2) is 0 Å². The highest BCUT2D eigenvalue weighted by Gasteiger charge is 2.06. The molecule has 76 valence electrons. The third-order valence-electron chi connectivity index (χ3n) is 1.71. The van der Waals surface area contributed by atoms with Crippen molar-refractivity contribution in [2.45, 2.75) is 13.3 Å². The molecule has 4 N–H and O–H groups in total. The van der Waals surface area contributed by atoms with Gasteiger partial charge in [0.25, 0.3) is 0 Å². The lowest BCUT2D eigenvalue weighted by atomic mass is 10.2. The first kappa shape index (κ1) is 10.3. The highest BCUT2D eigenvalue weighted by atomic mass is 16.4. The van der Waals surface area contributed by atoms with E-state index >= 15 is 0 Å². The van der Waals surface area contributed by atoms with Gasteiger partial charge in [-0.15, -0.1) is 0 Å². The molecule has 0 atom stereocenters. The van der Waals surface area contributed by atoms with Crippen molar-refractivity contribution in [2.75, 3.05) is 17.6 Å². The Kier molecular flexibility index (Phi) is 3.28. The van der Waals surface area contributed by atoms with Gasteiger partial charge in [0.1, 0.15) is 5.82 Å². The highest BCUT2D eigenvalue weighted by Crippen LogP contribution is 2.15. The van der Waals surface area contributed by atoms with Crippen molar-refractivity contribution in [1.82, 2.24) is 4.98 Å². The molecule has 5 nitrogen and oxygen atoms in total. The van der Waals surface area contributed by atoms with Gasteiger partial charge in [0.05, 0.1) is 11.3 Å². The second-order valence-electron chi connectivity index (χ2n) is 2.89. The number of nitrogens with zero attached hydrogens (tertiary/aromatic N) is 1. The van der Waals surface area contributed by atoms with Gasteiger partial charge < -0.3 is 16.2 Å². The minimum absolute atomic E-state index is 0.101. The van der Waals surface area contributed by atoms with Gasteiger partial charge in [-0.05, 0) is 12.5 Å². The topological polar surface area (TPSA) is 88.2 Å². The summed E-state index contributed by atoms with van der Waals surface area (Å²) in [5.74, 6) is -0.483. The van der Waals surface area contributed by atoms with E-state index in [-0.39, 0.29) is 5.56 Å². The maximum atomic E-state index is 10.6. The second kappa shape index (κ2) is 4.45. The molecule has 0 fully saturated rings. The van der Waals surface area contributed by atoms with Gasteiger partial charge in [0, 0.05) is 12.7 Å². The first-order valence-corrected chi connectivity index (χ1v) is 4.37. The van der Waals surface area contributed by atoms with Gasteiger partial charge in [-0.3, -0.25) is 0 Å². The number of hydrogen-bond acceptors (Lipinski definition) is 4. The Morgan fingerprint density at radius 2 is 2.43 bits per heavy atom. The smallest absolute Gasteiger partial charge is 0.337 e. The zero-order valence-corrected chi connectivity index (χ0v) is 7.95. The van der Waals surface area contributed by atoms with Crippen LogP contribution >= 0.6 is 0 Å². The van der Waals surface area contributed by atoms with Crippen LogP contribution in [-0.4, -0.2) is 22.6 Å². The van der Waals surface area contributed by atoms with Gasteiger partial charge in [-0.1, -0.05) is 6.92 Å². The maximum absolute atomic E-state index is 10.6. The summed E-state index contributed by atoms with van der Waals surface area (Å²) in [5, 5.41) is 11.7. The number of carboxylic acids is 1. The molecule has 0 aromatic carbocycles. The summed E-state index contributed by atoms with van der Waals surface area (Å²) in [4.78, 5) is 14.5. The van der Waals surface area contributed by atoms with Crippen LogP contribution in [0.4, 0.5) is 11.5 Å². The fourth-order valence-corrected chi connectivity index (χ4v) is 0.990. The van der Waals surface area contributed by atoms with E-state index in [2.05, 4.69) is 10.3 Å². The van der Waals surface area contributed by atoms with Crippen LogP contribution in [-0.2, 0) is 0 Å². The first-order chi connectivity index (χ1) is 6.65. The summed E-state index contributed by atoms with van der Waals surface area (Å²) in [7, 11) is 0. The fourth-order valence-electron chi connectivity index (χ4n) is 0.990. The average molecular weight is 195 g/mol. The Bertz CT molecular complexity index is 339. The van der Waals surface area contributed by atoms with Crippen LogP contribution in [0, 0.1) is 0 Å². The average Bonchev–Trinajstić information content (AvgIpc) is 2.15. The van der Waals surface area contributed by atoms with Crippen molar-refractivity contribution in [1.29, 1.82) is 0 Å². The number of anilines is 2. The monoisotopic (exact) mass is 195 g/mol. The molecule has 1 aromatic rings. The third kappa shape index (κ3) is 2.35. The van der Waals surface area contributed by atoms with Crippen LogP contribution in [0.2, 0.25) is 0 Å². The van der Waals surface area contributed by atoms with E-state index in [1.807, 2.05) is 6.92 Å². The molecule has 0 bridgehead atoms. The Morgan fingerprint density at radius 1 is 1.71 bits per heavy atom. The summed E-state index contributed by atoms with van der Waals surface area (Å²) in [6.45, 7) is 2.79. The fraction of sp³-hybridized carbons (Fsp3) is 0.333. The van der Waals surface area contributed by atoms with Crippen LogP contribution in [0.15, 0.2) is 12.3 Å². The minimum Gasteiger partial charge on any atom is -0.478 e. The molecule has 0 saturated carbocycles. The van der Waals surface area contributed by atoms with Gasteiger partial charge >= 0.3 is 5.97 Å². The van der Waals surface area contributed by atoms with E-state index in [1.54, 1.807) is 0 Å². The van der Waals surface area contributed by atoms with Crippen LogP contribution in [0.25, 0.3) is 0 Å². The van der Waals surface area contributed by atoms with Gasteiger partial charge in [-0.25, -0.2) is 9.78 Å². The summed E-state index contributed by atoms with van der Waals surface area (Å²) in [5.41, 5.74) is 6.07. The molecule has 0 saturated heterocycles. The van der Waals surface area contributed by atoms with E-state index in [0.717, 1.165) is 13.0 Å². The van der Waals surface area contributed by atoms with Crippen molar-refractivity contribution in [3.63, 3.8) is 0 Å². The first-order valence-electron chi connectivity index (χ1n) is 4.37. The van der Waals surface area contributed by atoms with Crippen LogP contribution in [0.3, 0.4) is 0 Å². The standard InChI is InChI=1S/C9H13N3O2/c1-2-3-11-8-7(10)4-6(5-12-8)9(13)14/h4-5H,2-3,10H2,1H3,(H,11,12)(H,13,14). The summed E-state index contributed by atoms with van der Waals surface area (Å²) >= 11 is 0. The number of aromatic carboxylic acids is 1. The lowest BCUT2D eigenvalue weighted by Gasteiger charge is -2.06. The van der Waals surface area contributed by atoms with E-state index in [0.29, 0.717) is 11.5 Å². The molecule has 0 unspecified atom stereocenters. The Hall–Kier alpha value is -1.78. The molecule has 0 amide bonds. The number of nitrogen functional groups attached to an aromatic ring is 1. The number of hydrogen-bond donors (Lipinski definition) is 3. The highest BCUT2D eigenvalue weighted by molar-refractivity contribution is 5.89. The van der Waals surface area contributed by atoms with Gasteiger partial charge in [-0.2, -0.15) is 0 Å². The normalized spacial score (nSPS) is 9.79. The number of nitrogens with one attached hydrogen (secondary N) is 1. The van der Waals surface area contributed by atoms with Crippen molar-refractivity contribution in [3.05, 3.63) is 17.8 Å². The SMILES string of the molecule is CCCNc1ncc(C(=O)O)cc1N. The van der Waals surface area contributed by atoms with Crippen molar-refractivity contribution < 1.29 is 9.90 Å². The molecule has 1 heterocycles. The van der Waals surface area contributed by atoms with E-state index in [1.165, 1.54) is 12.3 Å².